The molecular formula is C18H24N4O4. The maximum atomic E-state index is 11.9. The molecule has 1 saturated heterocycles. The number of likely N-dealkylation sites (tertiary alicyclic amines) is 1. The number of methoxy groups -OCH3 is 2. The van der Waals surface area contributed by atoms with Gasteiger partial charge in [0.2, 0.25) is 0 Å². The van der Waals surface area contributed by atoms with E-state index >= 15 is 0 Å². The van der Waals surface area contributed by atoms with Crippen LogP contribution in [-0.4, -0.2) is 58.0 Å². The highest BCUT2D eigenvalue weighted by atomic mass is 16.5. The van der Waals surface area contributed by atoms with Crippen LogP contribution in [0.5, 0.6) is 11.5 Å². The second-order valence-corrected chi connectivity index (χ2v) is 6.53. The lowest BCUT2D eigenvalue weighted by Crippen LogP contribution is -2.24. The van der Waals surface area contributed by atoms with Crippen LogP contribution in [0.15, 0.2) is 18.2 Å². The summed E-state index contributed by atoms with van der Waals surface area (Å²) in [6, 6.07) is 5.59. The molecule has 1 aliphatic heterocycles. The van der Waals surface area contributed by atoms with E-state index in [1.54, 1.807) is 18.9 Å². The zero-order chi connectivity index (χ0) is 18.8. The molecule has 26 heavy (non-hydrogen) atoms. The molecule has 1 aromatic heterocycles. The first-order valence-corrected chi connectivity index (χ1v) is 8.47. The summed E-state index contributed by atoms with van der Waals surface area (Å²) in [5.74, 6) is 1.22. The fourth-order valence-corrected chi connectivity index (χ4v) is 3.68. The molecule has 3 rings (SSSR count). The van der Waals surface area contributed by atoms with Crippen molar-refractivity contribution in [1.82, 2.24) is 19.7 Å². The summed E-state index contributed by atoms with van der Waals surface area (Å²) in [5.41, 5.74) is 0.857. The number of hydrogen-bond acceptors (Lipinski definition) is 6. The van der Waals surface area contributed by atoms with Crippen LogP contribution in [0.25, 0.3) is 0 Å². The number of aliphatic carboxylic acids is 1. The van der Waals surface area contributed by atoms with Gasteiger partial charge in [-0.25, -0.2) is 4.98 Å². The first-order chi connectivity index (χ1) is 12.4. The topological polar surface area (TPSA) is 89.7 Å². The van der Waals surface area contributed by atoms with Crippen molar-refractivity contribution in [3.8, 4) is 11.5 Å². The number of carboxylic acids is 1. The molecule has 2 heterocycles. The number of aromatic nitrogens is 3. The minimum absolute atomic E-state index is 0.188. The smallest absolute Gasteiger partial charge is 0.308 e. The lowest BCUT2D eigenvalue weighted by Gasteiger charge is -2.20. The molecule has 8 heteroatoms. The highest BCUT2D eigenvalue weighted by Gasteiger charge is 2.40. The number of nitrogens with zero attached hydrogens (tertiary/aromatic N) is 4. The number of hydrogen-bond donors (Lipinski definition) is 1. The van der Waals surface area contributed by atoms with Gasteiger partial charge in [0, 0.05) is 31.6 Å². The van der Waals surface area contributed by atoms with Crippen LogP contribution < -0.4 is 9.47 Å². The van der Waals surface area contributed by atoms with Gasteiger partial charge in [0.05, 0.1) is 26.7 Å². The summed E-state index contributed by atoms with van der Waals surface area (Å²) >= 11 is 0. The van der Waals surface area contributed by atoms with E-state index in [0.29, 0.717) is 37.0 Å². The number of carboxylic acid groups (broad SMARTS) is 1. The van der Waals surface area contributed by atoms with Crippen molar-refractivity contribution in [3.05, 3.63) is 35.4 Å². The summed E-state index contributed by atoms with van der Waals surface area (Å²) in [4.78, 5) is 18.4. The molecule has 2 aromatic rings. The molecule has 0 unspecified atom stereocenters. The molecule has 0 spiro atoms. The largest absolute Gasteiger partial charge is 0.493 e. The molecule has 2 atom stereocenters. The van der Waals surface area contributed by atoms with Crippen LogP contribution in [0.3, 0.4) is 0 Å². The lowest BCUT2D eigenvalue weighted by molar-refractivity contribution is -0.141. The van der Waals surface area contributed by atoms with Gasteiger partial charge >= 0.3 is 5.97 Å². The van der Waals surface area contributed by atoms with Gasteiger partial charge in [-0.15, -0.1) is 0 Å². The molecule has 0 amide bonds. The van der Waals surface area contributed by atoms with Crippen molar-refractivity contribution in [2.45, 2.75) is 19.4 Å². The molecule has 140 valence electrons. The molecule has 0 aliphatic carbocycles. The Bertz CT molecular complexity index is 804. The molecular weight excluding hydrogens is 336 g/mol. The molecule has 0 radical (unpaired) electrons. The Hall–Kier alpha value is -2.61. The van der Waals surface area contributed by atoms with Crippen molar-refractivity contribution in [2.24, 2.45) is 13.0 Å². The Balaban J connectivity index is 1.89. The highest BCUT2D eigenvalue weighted by Crippen LogP contribution is 2.42. The van der Waals surface area contributed by atoms with Gasteiger partial charge in [-0.1, -0.05) is 12.1 Å². The molecule has 8 nitrogen and oxygen atoms in total. The third-order valence-corrected chi connectivity index (χ3v) is 4.87. The van der Waals surface area contributed by atoms with Crippen LogP contribution in [-0.2, 0) is 18.4 Å². The highest BCUT2D eigenvalue weighted by molar-refractivity contribution is 5.73. The Kier molecular flexibility index (Phi) is 5.13. The van der Waals surface area contributed by atoms with Crippen molar-refractivity contribution in [1.29, 1.82) is 0 Å². The van der Waals surface area contributed by atoms with E-state index in [1.165, 1.54) is 0 Å². The minimum atomic E-state index is -0.809. The predicted octanol–water partition coefficient (Wildman–Crippen LogP) is 1.44. The molecule has 0 saturated carbocycles. The van der Waals surface area contributed by atoms with E-state index in [0.717, 1.165) is 11.4 Å². The van der Waals surface area contributed by atoms with Gasteiger partial charge < -0.3 is 14.6 Å². The number of benzene rings is 1. The Morgan fingerprint density at radius 1 is 1.31 bits per heavy atom. The van der Waals surface area contributed by atoms with E-state index in [4.69, 9.17) is 9.47 Å². The first-order valence-electron chi connectivity index (χ1n) is 8.47. The zero-order valence-electron chi connectivity index (χ0n) is 15.5. The second kappa shape index (κ2) is 7.33. The standard InChI is InChI=1S/C18H24N4O4/c1-11-19-16(21(2)20-11)10-22-8-13(14(9-22)18(23)24)12-6-5-7-15(25-3)17(12)26-4/h5-7,13-14H,8-10H2,1-4H3,(H,23,24)/t13-,14+/m0/s1. The number of aryl methyl sites for hydroxylation is 2. The van der Waals surface area contributed by atoms with E-state index in [1.807, 2.05) is 32.2 Å². The van der Waals surface area contributed by atoms with Gasteiger partial charge in [-0.05, 0) is 13.0 Å². The quantitative estimate of drug-likeness (QED) is 0.834. The molecule has 1 aromatic carbocycles. The van der Waals surface area contributed by atoms with Gasteiger partial charge in [-0.2, -0.15) is 5.10 Å². The first kappa shape index (κ1) is 18.2. The van der Waals surface area contributed by atoms with Crippen LogP contribution in [0.4, 0.5) is 0 Å². The fraction of sp³-hybridized carbons (Fsp3) is 0.500. The normalized spacial score (nSPS) is 20.3. The maximum absolute atomic E-state index is 11.9. The van der Waals surface area contributed by atoms with E-state index < -0.39 is 11.9 Å². The number of carbonyl (C=O) groups is 1. The molecule has 1 N–H and O–H groups in total. The lowest BCUT2D eigenvalue weighted by atomic mass is 9.88. The average molecular weight is 360 g/mol. The summed E-state index contributed by atoms with van der Waals surface area (Å²) in [6.07, 6.45) is 0. The predicted molar refractivity (Wildman–Crippen MR) is 94.4 cm³/mol. The van der Waals surface area contributed by atoms with Crippen molar-refractivity contribution in [2.75, 3.05) is 27.3 Å². The van der Waals surface area contributed by atoms with E-state index in [2.05, 4.69) is 15.0 Å². The summed E-state index contributed by atoms with van der Waals surface area (Å²) in [6.45, 7) is 3.46. The number of ether oxygens (including phenoxy) is 2. The third kappa shape index (κ3) is 3.37. The summed E-state index contributed by atoms with van der Waals surface area (Å²) < 4.78 is 12.6. The summed E-state index contributed by atoms with van der Waals surface area (Å²) in [5, 5.41) is 14.0. The van der Waals surface area contributed by atoms with Crippen molar-refractivity contribution < 1.29 is 19.4 Å². The number of rotatable bonds is 6. The fourth-order valence-electron chi connectivity index (χ4n) is 3.68. The maximum Gasteiger partial charge on any atom is 0.308 e. The molecule has 1 aliphatic rings. The third-order valence-electron chi connectivity index (χ3n) is 4.87. The Morgan fingerprint density at radius 2 is 2.08 bits per heavy atom. The Labute approximate surface area is 152 Å². The zero-order valence-corrected chi connectivity index (χ0v) is 15.5. The van der Waals surface area contributed by atoms with Gasteiger partial charge in [0.1, 0.15) is 11.6 Å². The number of para-hydroxylation sites is 1. The van der Waals surface area contributed by atoms with E-state index in [-0.39, 0.29) is 5.92 Å². The monoisotopic (exact) mass is 360 g/mol. The van der Waals surface area contributed by atoms with Gasteiger partial charge in [0.25, 0.3) is 0 Å². The molecule has 1 fully saturated rings. The second-order valence-electron chi connectivity index (χ2n) is 6.53. The van der Waals surface area contributed by atoms with Crippen molar-refractivity contribution >= 4 is 5.97 Å². The Morgan fingerprint density at radius 3 is 2.65 bits per heavy atom. The molecule has 0 bridgehead atoms. The van der Waals surface area contributed by atoms with E-state index in [9.17, 15) is 9.90 Å². The SMILES string of the molecule is COc1cccc([C@@H]2CN(Cc3nc(C)nn3C)C[C@H]2C(=O)O)c1OC. The average Bonchev–Trinajstić information content (AvgIpc) is 3.17. The van der Waals surface area contributed by atoms with Crippen LogP contribution in [0.1, 0.15) is 23.1 Å². The van der Waals surface area contributed by atoms with Gasteiger partial charge in [-0.3, -0.25) is 14.4 Å². The van der Waals surface area contributed by atoms with Crippen LogP contribution in [0, 0.1) is 12.8 Å². The minimum Gasteiger partial charge on any atom is -0.493 e. The van der Waals surface area contributed by atoms with Crippen molar-refractivity contribution in [3.63, 3.8) is 0 Å². The van der Waals surface area contributed by atoms with Crippen LogP contribution in [0.2, 0.25) is 0 Å². The van der Waals surface area contributed by atoms with Gasteiger partial charge in [0.15, 0.2) is 11.5 Å². The summed E-state index contributed by atoms with van der Waals surface area (Å²) in [7, 11) is 5.00. The van der Waals surface area contributed by atoms with Crippen LogP contribution >= 0.6 is 0 Å².